The van der Waals surface area contributed by atoms with Gasteiger partial charge in [-0.15, -0.1) is 0 Å². The zero-order chi connectivity index (χ0) is 22.7. The molecule has 1 atom stereocenters. The van der Waals surface area contributed by atoms with E-state index in [1.165, 1.54) is 4.90 Å². The predicted molar refractivity (Wildman–Crippen MR) is 115 cm³/mol. The summed E-state index contributed by atoms with van der Waals surface area (Å²) in [6.45, 7) is 0.223. The standard InChI is InChI=1S/C22H17ClF2N4O3/c1-28(22(31)10-3-4-17-13(5-10)20(23)27-29(17)2)18-9-32-8-16-19(18)11-6-14(24)15(25)7-12(11)21(30)26-16/h3-7,18H,8-9H2,1-2H3,(H,26,30). The van der Waals surface area contributed by atoms with Crippen molar-refractivity contribution in [2.75, 3.05) is 13.7 Å². The molecule has 1 aliphatic heterocycles. The number of amides is 1. The van der Waals surface area contributed by atoms with Crippen LogP contribution in [0.15, 0.2) is 35.1 Å². The van der Waals surface area contributed by atoms with Gasteiger partial charge >= 0.3 is 0 Å². The molecule has 0 saturated carbocycles. The maximum Gasteiger partial charge on any atom is 0.256 e. The summed E-state index contributed by atoms with van der Waals surface area (Å²) in [7, 11) is 3.35. The Bertz CT molecular complexity index is 1480. The van der Waals surface area contributed by atoms with E-state index in [0.717, 1.165) is 17.6 Å². The zero-order valence-corrected chi connectivity index (χ0v) is 17.8. The Balaban J connectivity index is 1.61. The van der Waals surface area contributed by atoms with Crippen LogP contribution in [0.25, 0.3) is 21.7 Å². The minimum Gasteiger partial charge on any atom is -0.373 e. The summed E-state index contributed by atoms with van der Waals surface area (Å²) in [5, 5.41) is 5.34. The normalized spacial score (nSPS) is 15.8. The number of aryl methyl sites for hydroxylation is 1. The summed E-state index contributed by atoms with van der Waals surface area (Å²) in [5.74, 6) is -2.51. The van der Waals surface area contributed by atoms with E-state index < -0.39 is 23.2 Å². The van der Waals surface area contributed by atoms with Crippen LogP contribution in [0.1, 0.15) is 27.7 Å². The summed E-state index contributed by atoms with van der Waals surface area (Å²) < 4.78 is 35.1. The van der Waals surface area contributed by atoms with E-state index in [1.54, 1.807) is 37.0 Å². The maximum absolute atomic E-state index is 14.1. The van der Waals surface area contributed by atoms with Gasteiger partial charge in [0.05, 0.1) is 30.2 Å². The number of carbonyl (C=O) groups is 1. The highest BCUT2D eigenvalue weighted by molar-refractivity contribution is 6.34. The molecule has 32 heavy (non-hydrogen) atoms. The molecule has 10 heteroatoms. The van der Waals surface area contributed by atoms with Crippen LogP contribution < -0.4 is 5.56 Å². The molecule has 2 aromatic carbocycles. The quantitative estimate of drug-likeness (QED) is 0.497. The van der Waals surface area contributed by atoms with Crippen molar-refractivity contribution in [3.63, 3.8) is 0 Å². The third kappa shape index (κ3) is 3.08. The van der Waals surface area contributed by atoms with Gasteiger partial charge in [0.25, 0.3) is 11.5 Å². The summed E-state index contributed by atoms with van der Waals surface area (Å²) in [6.07, 6.45) is 0. The van der Waals surface area contributed by atoms with Crippen LogP contribution in [0.5, 0.6) is 0 Å². The molecule has 0 saturated heterocycles. The zero-order valence-electron chi connectivity index (χ0n) is 17.1. The van der Waals surface area contributed by atoms with Gasteiger partial charge in [-0.1, -0.05) is 11.6 Å². The Labute approximate surface area is 185 Å². The van der Waals surface area contributed by atoms with E-state index in [0.29, 0.717) is 22.2 Å². The first-order valence-electron chi connectivity index (χ1n) is 9.77. The minimum atomic E-state index is -1.11. The Morgan fingerprint density at radius 2 is 1.94 bits per heavy atom. The molecular formula is C22H17ClF2N4O3. The molecule has 4 aromatic rings. The number of hydrogen-bond acceptors (Lipinski definition) is 4. The van der Waals surface area contributed by atoms with Gasteiger partial charge in [-0.25, -0.2) is 8.78 Å². The number of halogens is 3. The fraction of sp³-hybridized carbons (Fsp3) is 0.227. The van der Waals surface area contributed by atoms with Crippen LogP contribution in [0.3, 0.4) is 0 Å². The monoisotopic (exact) mass is 458 g/mol. The number of fused-ring (bicyclic) bond motifs is 4. The van der Waals surface area contributed by atoms with E-state index in [9.17, 15) is 18.4 Å². The number of pyridine rings is 1. The highest BCUT2D eigenvalue weighted by Gasteiger charge is 2.31. The van der Waals surface area contributed by atoms with Gasteiger partial charge in [0, 0.05) is 36.3 Å². The van der Waals surface area contributed by atoms with Crippen LogP contribution in [-0.4, -0.2) is 39.2 Å². The number of ether oxygens (including phenoxy) is 1. The van der Waals surface area contributed by atoms with Gasteiger partial charge in [0.1, 0.15) is 0 Å². The Morgan fingerprint density at radius 1 is 1.22 bits per heavy atom. The van der Waals surface area contributed by atoms with E-state index in [-0.39, 0.29) is 35.0 Å². The molecule has 0 fully saturated rings. The number of nitrogens with zero attached hydrogens (tertiary/aromatic N) is 3. The van der Waals surface area contributed by atoms with Crippen molar-refractivity contribution in [1.29, 1.82) is 0 Å². The van der Waals surface area contributed by atoms with Crippen molar-refractivity contribution in [1.82, 2.24) is 19.7 Å². The van der Waals surface area contributed by atoms with Crippen molar-refractivity contribution in [2.24, 2.45) is 7.05 Å². The molecule has 1 amide bonds. The lowest BCUT2D eigenvalue weighted by Gasteiger charge is -2.34. The molecule has 1 N–H and O–H groups in total. The lowest BCUT2D eigenvalue weighted by atomic mass is 9.95. The summed E-state index contributed by atoms with van der Waals surface area (Å²) in [4.78, 5) is 29.9. The molecular weight excluding hydrogens is 442 g/mol. The molecule has 3 heterocycles. The lowest BCUT2D eigenvalue weighted by Crippen LogP contribution is -2.37. The van der Waals surface area contributed by atoms with E-state index in [1.807, 2.05) is 0 Å². The van der Waals surface area contributed by atoms with Crippen LogP contribution in [0.2, 0.25) is 5.15 Å². The largest absolute Gasteiger partial charge is 0.373 e. The molecule has 1 aliphatic rings. The topological polar surface area (TPSA) is 80.2 Å². The van der Waals surface area contributed by atoms with Gasteiger partial charge in [0.15, 0.2) is 16.8 Å². The second-order valence-corrected chi connectivity index (χ2v) is 8.11. The minimum absolute atomic E-state index is 0.0129. The van der Waals surface area contributed by atoms with Crippen molar-refractivity contribution in [2.45, 2.75) is 12.6 Å². The molecule has 1 unspecified atom stereocenters. The molecule has 164 valence electrons. The Hall–Kier alpha value is -3.30. The number of nitrogens with one attached hydrogen (secondary N) is 1. The van der Waals surface area contributed by atoms with Crippen LogP contribution in [0.4, 0.5) is 8.78 Å². The molecule has 0 bridgehead atoms. The first-order valence-corrected chi connectivity index (χ1v) is 10.1. The molecule has 7 nitrogen and oxygen atoms in total. The van der Waals surface area contributed by atoms with Crippen LogP contribution >= 0.6 is 11.6 Å². The van der Waals surface area contributed by atoms with Crippen LogP contribution in [0, 0.1) is 11.6 Å². The number of likely N-dealkylation sites (N-methyl/N-ethyl adjacent to an activating group) is 1. The number of hydrogen-bond donors (Lipinski definition) is 1. The highest BCUT2D eigenvalue weighted by Crippen LogP contribution is 2.34. The number of benzene rings is 2. The Kier molecular flexibility index (Phi) is 4.75. The van der Waals surface area contributed by atoms with E-state index >= 15 is 0 Å². The maximum atomic E-state index is 14.1. The molecule has 0 aliphatic carbocycles. The van der Waals surface area contributed by atoms with Crippen molar-refractivity contribution in [3.05, 3.63) is 74.3 Å². The van der Waals surface area contributed by atoms with Gasteiger partial charge in [0.2, 0.25) is 0 Å². The van der Waals surface area contributed by atoms with Crippen molar-refractivity contribution in [3.8, 4) is 0 Å². The fourth-order valence-corrected chi connectivity index (χ4v) is 4.51. The third-order valence-electron chi connectivity index (χ3n) is 5.88. The summed E-state index contributed by atoms with van der Waals surface area (Å²) in [6, 6.07) is 6.33. The lowest BCUT2D eigenvalue weighted by molar-refractivity contribution is 0.0336. The average Bonchev–Trinajstić information content (AvgIpc) is 3.06. The van der Waals surface area contributed by atoms with E-state index in [2.05, 4.69) is 10.1 Å². The van der Waals surface area contributed by atoms with Gasteiger partial charge in [-0.05, 0) is 35.7 Å². The number of aromatic nitrogens is 3. The fourth-order valence-electron chi connectivity index (χ4n) is 4.25. The van der Waals surface area contributed by atoms with Gasteiger partial charge in [-0.3, -0.25) is 14.3 Å². The third-order valence-corrected chi connectivity index (χ3v) is 6.16. The first-order chi connectivity index (χ1) is 15.3. The van der Waals surface area contributed by atoms with Crippen molar-refractivity contribution < 1.29 is 18.3 Å². The summed E-state index contributed by atoms with van der Waals surface area (Å²) in [5.41, 5.74) is 1.57. The van der Waals surface area contributed by atoms with Crippen LogP contribution in [-0.2, 0) is 18.4 Å². The first kappa shape index (κ1) is 20.6. The molecule has 0 spiro atoms. The Morgan fingerprint density at radius 3 is 2.69 bits per heavy atom. The smallest absolute Gasteiger partial charge is 0.256 e. The second kappa shape index (κ2) is 7.39. The van der Waals surface area contributed by atoms with Gasteiger partial charge < -0.3 is 14.6 Å². The van der Waals surface area contributed by atoms with Crippen molar-refractivity contribution >= 4 is 39.2 Å². The number of carbonyl (C=O) groups excluding carboxylic acids is 1. The van der Waals surface area contributed by atoms with Gasteiger partial charge in [-0.2, -0.15) is 5.10 Å². The number of rotatable bonds is 2. The number of H-pyrrole nitrogens is 1. The SMILES string of the molecule is CN(C(=O)c1ccc2c(c1)c(Cl)nn2C)C1COCc2[nH]c(=O)c3cc(F)c(F)cc3c21. The predicted octanol–water partition coefficient (Wildman–Crippen LogP) is 3.69. The molecule has 5 rings (SSSR count). The second-order valence-electron chi connectivity index (χ2n) is 7.75. The number of aromatic amines is 1. The van der Waals surface area contributed by atoms with E-state index in [4.69, 9.17) is 16.3 Å². The highest BCUT2D eigenvalue weighted by atomic mass is 35.5. The molecule has 0 radical (unpaired) electrons. The molecule has 2 aromatic heterocycles. The summed E-state index contributed by atoms with van der Waals surface area (Å²) >= 11 is 6.18. The average molecular weight is 459 g/mol.